The summed E-state index contributed by atoms with van der Waals surface area (Å²) in [5.41, 5.74) is 2.12. The monoisotopic (exact) mass is 396 g/mol. The van der Waals surface area contributed by atoms with Crippen LogP contribution in [0.3, 0.4) is 0 Å². The van der Waals surface area contributed by atoms with Crippen molar-refractivity contribution in [2.75, 3.05) is 19.6 Å². The number of carbonyl (C=O) groups is 2. The molecule has 0 bridgehead atoms. The van der Waals surface area contributed by atoms with Crippen LogP contribution in [0.4, 0.5) is 0 Å². The van der Waals surface area contributed by atoms with Gasteiger partial charge < -0.3 is 10.2 Å². The third-order valence-corrected chi connectivity index (χ3v) is 6.22. The van der Waals surface area contributed by atoms with E-state index in [1.54, 1.807) is 0 Å². The second-order valence-corrected chi connectivity index (χ2v) is 8.18. The van der Waals surface area contributed by atoms with Crippen molar-refractivity contribution in [3.05, 3.63) is 52.5 Å². The molecule has 0 spiro atoms. The Morgan fingerprint density at radius 1 is 1.29 bits per heavy atom. The topological polar surface area (TPSA) is 67.2 Å². The van der Waals surface area contributed by atoms with Gasteiger partial charge in [0.2, 0.25) is 5.91 Å². The molecule has 0 atom stereocenters. The van der Waals surface area contributed by atoms with Gasteiger partial charge in [0.05, 0.1) is 17.1 Å². The van der Waals surface area contributed by atoms with Crippen LogP contribution in [0.15, 0.2) is 36.4 Å². The molecule has 1 aromatic carbocycles. The largest absolute Gasteiger partial charge is 0.351 e. The molecule has 1 aliphatic heterocycles. The summed E-state index contributed by atoms with van der Waals surface area (Å²) in [6, 6.07) is 12.1. The quantitative estimate of drug-likeness (QED) is 0.624. The number of hydrogen-bond acceptors (Lipinski definition) is 4. The number of likely N-dealkylation sites (tertiary alicyclic amines) is 1. The summed E-state index contributed by atoms with van der Waals surface area (Å²) in [6.07, 6.45) is 2.39. The Bertz CT molecular complexity index is 993. The van der Waals surface area contributed by atoms with E-state index in [1.165, 1.54) is 16.9 Å². The van der Waals surface area contributed by atoms with Gasteiger partial charge in [0.1, 0.15) is 4.83 Å². The first-order valence-electron chi connectivity index (χ1n) is 9.68. The third-order valence-electron chi connectivity index (χ3n) is 5.07. The number of rotatable bonds is 7. The van der Waals surface area contributed by atoms with Gasteiger partial charge in [-0.25, -0.2) is 0 Å². The Balaban J connectivity index is 1.39. The van der Waals surface area contributed by atoms with Gasteiger partial charge in [0.15, 0.2) is 0 Å². The van der Waals surface area contributed by atoms with E-state index in [2.05, 4.69) is 22.5 Å². The van der Waals surface area contributed by atoms with Crippen LogP contribution in [-0.2, 0) is 11.3 Å². The Kier molecular flexibility index (Phi) is 5.43. The molecule has 2 aromatic heterocycles. The van der Waals surface area contributed by atoms with Crippen LogP contribution in [0.1, 0.15) is 40.2 Å². The molecule has 1 fully saturated rings. The second kappa shape index (κ2) is 8.14. The summed E-state index contributed by atoms with van der Waals surface area (Å²) < 4.78 is 1.97. The molecule has 0 radical (unpaired) electrons. The molecule has 2 amide bonds. The van der Waals surface area contributed by atoms with Crippen molar-refractivity contribution < 1.29 is 9.59 Å². The van der Waals surface area contributed by atoms with E-state index in [0.29, 0.717) is 24.4 Å². The van der Waals surface area contributed by atoms with E-state index in [1.807, 2.05) is 40.8 Å². The molecule has 3 aromatic rings. The van der Waals surface area contributed by atoms with Crippen LogP contribution in [0.5, 0.6) is 0 Å². The van der Waals surface area contributed by atoms with Gasteiger partial charge in [-0.15, -0.1) is 11.3 Å². The fraction of sp³-hybridized carbons (Fsp3) is 0.381. The Hall–Kier alpha value is -2.67. The molecule has 1 saturated heterocycles. The Labute approximate surface area is 168 Å². The van der Waals surface area contributed by atoms with Crippen LogP contribution >= 0.6 is 11.3 Å². The SMILES string of the molecule is Cc1nn(Cc2ccccc2)c2sc(C(=O)NCCCN3CCCC3=O)cc12. The first-order valence-corrected chi connectivity index (χ1v) is 10.5. The smallest absolute Gasteiger partial charge is 0.261 e. The van der Waals surface area contributed by atoms with Gasteiger partial charge >= 0.3 is 0 Å². The van der Waals surface area contributed by atoms with Gasteiger partial charge in [-0.1, -0.05) is 30.3 Å². The highest BCUT2D eigenvalue weighted by atomic mass is 32.1. The summed E-state index contributed by atoms with van der Waals surface area (Å²) in [5.74, 6) is 0.175. The fourth-order valence-corrected chi connectivity index (χ4v) is 4.66. The van der Waals surface area contributed by atoms with Gasteiger partial charge in [0.25, 0.3) is 5.91 Å². The number of nitrogens with zero attached hydrogens (tertiary/aromatic N) is 3. The minimum absolute atomic E-state index is 0.0559. The first-order chi connectivity index (χ1) is 13.6. The molecule has 0 aliphatic carbocycles. The van der Waals surface area contributed by atoms with Crippen molar-refractivity contribution in [3.63, 3.8) is 0 Å². The van der Waals surface area contributed by atoms with E-state index in [-0.39, 0.29) is 11.8 Å². The van der Waals surface area contributed by atoms with Gasteiger partial charge in [-0.3, -0.25) is 14.3 Å². The highest BCUT2D eigenvalue weighted by Gasteiger charge is 2.20. The third kappa shape index (κ3) is 3.94. The number of carbonyl (C=O) groups excluding carboxylic acids is 2. The average Bonchev–Trinajstić information content (AvgIpc) is 3.38. The normalized spacial score (nSPS) is 14.2. The van der Waals surface area contributed by atoms with Crippen molar-refractivity contribution in [2.24, 2.45) is 0 Å². The molecular weight excluding hydrogens is 372 g/mol. The lowest BCUT2D eigenvalue weighted by atomic mass is 10.2. The van der Waals surface area contributed by atoms with Crippen LogP contribution in [0.2, 0.25) is 0 Å². The van der Waals surface area contributed by atoms with Crippen molar-refractivity contribution >= 4 is 33.4 Å². The average molecular weight is 397 g/mol. The predicted molar refractivity (Wildman–Crippen MR) is 111 cm³/mol. The lowest BCUT2D eigenvalue weighted by Crippen LogP contribution is -2.30. The van der Waals surface area contributed by atoms with Crippen molar-refractivity contribution in [1.29, 1.82) is 0 Å². The van der Waals surface area contributed by atoms with Crippen molar-refractivity contribution in [2.45, 2.75) is 32.7 Å². The summed E-state index contributed by atoms with van der Waals surface area (Å²) in [6.45, 7) is 4.81. The molecule has 146 valence electrons. The molecule has 6 nitrogen and oxygen atoms in total. The van der Waals surface area contributed by atoms with E-state index >= 15 is 0 Å². The molecule has 1 aliphatic rings. The molecule has 0 saturated carbocycles. The van der Waals surface area contributed by atoms with E-state index in [9.17, 15) is 9.59 Å². The van der Waals surface area contributed by atoms with Gasteiger partial charge in [-0.05, 0) is 31.4 Å². The number of aryl methyl sites for hydroxylation is 1. The fourth-order valence-electron chi connectivity index (χ4n) is 3.59. The highest BCUT2D eigenvalue weighted by Crippen LogP contribution is 2.28. The second-order valence-electron chi connectivity index (χ2n) is 7.15. The number of benzene rings is 1. The number of thiophene rings is 1. The van der Waals surface area contributed by atoms with Crippen LogP contribution in [0.25, 0.3) is 10.2 Å². The number of fused-ring (bicyclic) bond motifs is 1. The van der Waals surface area contributed by atoms with E-state index < -0.39 is 0 Å². The Morgan fingerprint density at radius 2 is 2.11 bits per heavy atom. The Morgan fingerprint density at radius 3 is 2.86 bits per heavy atom. The minimum atomic E-state index is -0.0559. The number of hydrogen-bond donors (Lipinski definition) is 1. The maximum Gasteiger partial charge on any atom is 0.261 e. The maximum atomic E-state index is 12.5. The highest BCUT2D eigenvalue weighted by molar-refractivity contribution is 7.20. The molecule has 3 heterocycles. The molecule has 28 heavy (non-hydrogen) atoms. The van der Waals surface area contributed by atoms with Gasteiger partial charge in [0, 0.05) is 31.4 Å². The van der Waals surface area contributed by atoms with Crippen LogP contribution < -0.4 is 5.32 Å². The predicted octanol–water partition coefficient (Wildman–Crippen LogP) is 3.20. The zero-order chi connectivity index (χ0) is 19.5. The van der Waals surface area contributed by atoms with E-state index in [0.717, 1.165) is 41.8 Å². The van der Waals surface area contributed by atoms with Gasteiger partial charge in [-0.2, -0.15) is 5.10 Å². The van der Waals surface area contributed by atoms with Crippen molar-refractivity contribution in [1.82, 2.24) is 20.0 Å². The molecule has 1 N–H and O–H groups in total. The molecule has 0 unspecified atom stereocenters. The van der Waals surface area contributed by atoms with E-state index in [4.69, 9.17) is 0 Å². The number of aromatic nitrogens is 2. The lowest BCUT2D eigenvalue weighted by molar-refractivity contribution is -0.127. The number of amides is 2. The van der Waals surface area contributed by atoms with Crippen molar-refractivity contribution in [3.8, 4) is 0 Å². The summed E-state index contributed by atoms with van der Waals surface area (Å²) in [5, 5.41) is 8.65. The molecular formula is C21H24N4O2S. The lowest BCUT2D eigenvalue weighted by Gasteiger charge is -2.15. The number of nitrogens with one attached hydrogen (secondary N) is 1. The summed E-state index contributed by atoms with van der Waals surface area (Å²) >= 11 is 1.48. The first kappa shape index (κ1) is 18.7. The van der Waals surface area contributed by atoms with Crippen LogP contribution in [-0.4, -0.2) is 46.1 Å². The zero-order valence-corrected chi connectivity index (χ0v) is 16.8. The molecule has 4 rings (SSSR count). The summed E-state index contributed by atoms with van der Waals surface area (Å²) in [4.78, 5) is 27.8. The maximum absolute atomic E-state index is 12.5. The minimum Gasteiger partial charge on any atom is -0.351 e. The van der Waals surface area contributed by atoms with Crippen LogP contribution in [0, 0.1) is 6.92 Å². The zero-order valence-electron chi connectivity index (χ0n) is 16.0. The summed E-state index contributed by atoms with van der Waals surface area (Å²) in [7, 11) is 0. The molecule has 7 heteroatoms. The standard InChI is InChI=1S/C21H24N4O2S/c1-15-17-13-18(20(27)22-10-6-12-24-11-5-9-19(24)26)28-21(17)25(23-15)14-16-7-3-2-4-8-16/h2-4,7-8,13H,5-6,9-12,14H2,1H3,(H,22,27).